The average molecular weight is 355 g/mol. The minimum atomic E-state index is -0.795. The van der Waals surface area contributed by atoms with E-state index in [-0.39, 0.29) is 5.57 Å². The summed E-state index contributed by atoms with van der Waals surface area (Å²) in [5, 5.41) is 2.62. The summed E-state index contributed by atoms with van der Waals surface area (Å²) in [4.78, 5) is 37.9. The second-order valence-corrected chi connectivity index (χ2v) is 6.21. The van der Waals surface area contributed by atoms with E-state index in [1.807, 2.05) is 26.0 Å². The second-order valence-electron chi connectivity index (χ2n) is 5.80. The van der Waals surface area contributed by atoms with E-state index >= 15 is 0 Å². The van der Waals surface area contributed by atoms with Gasteiger partial charge in [-0.3, -0.25) is 14.9 Å². The van der Waals surface area contributed by atoms with Crippen LogP contribution in [0, 0.1) is 13.8 Å². The van der Waals surface area contributed by atoms with Gasteiger partial charge < -0.3 is 0 Å². The molecule has 1 aliphatic rings. The van der Waals surface area contributed by atoms with Crippen LogP contribution in [0.4, 0.5) is 10.5 Å². The predicted molar refractivity (Wildman–Crippen MR) is 96.4 cm³/mol. The van der Waals surface area contributed by atoms with Crippen LogP contribution in [0.25, 0.3) is 6.08 Å². The van der Waals surface area contributed by atoms with Gasteiger partial charge in [-0.15, -0.1) is 0 Å². The number of carbonyl (C=O) groups excluding carboxylic acids is 3. The fraction of sp³-hybridized carbons (Fsp3) is 0.105. The van der Waals surface area contributed by atoms with E-state index in [1.165, 1.54) is 12.1 Å². The van der Waals surface area contributed by atoms with Crippen LogP contribution < -0.4 is 10.2 Å². The molecule has 3 rings (SSSR count). The lowest BCUT2D eigenvalue weighted by Crippen LogP contribution is -2.54. The number of hydrogen-bond donors (Lipinski definition) is 1. The van der Waals surface area contributed by atoms with Crippen molar-refractivity contribution in [1.29, 1.82) is 0 Å². The average Bonchev–Trinajstić information content (AvgIpc) is 2.56. The molecule has 1 heterocycles. The first-order valence-electron chi connectivity index (χ1n) is 7.61. The number of halogens is 1. The number of barbiturate groups is 1. The number of aryl methyl sites for hydroxylation is 2. The van der Waals surface area contributed by atoms with Crippen LogP contribution in [0.2, 0.25) is 5.02 Å². The lowest BCUT2D eigenvalue weighted by molar-refractivity contribution is -0.122. The fourth-order valence-corrected chi connectivity index (χ4v) is 2.62. The normalized spacial score (nSPS) is 16.4. The number of nitrogens with zero attached hydrogens (tertiary/aromatic N) is 1. The third kappa shape index (κ3) is 3.32. The molecule has 2 aromatic rings. The first-order chi connectivity index (χ1) is 11.9. The summed E-state index contributed by atoms with van der Waals surface area (Å²) in [6, 6.07) is 11.4. The van der Waals surface area contributed by atoms with Crippen LogP contribution in [0.1, 0.15) is 16.7 Å². The molecule has 0 atom stereocenters. The van der Waals surface area contributed by atoms with Gasteiger partial charge in [-0.1, -0.05) is 47.5 Å². The van der Waals surface area contributed by atoms with Gasteiger partial charge in [-0.25, -0.2) is 9.69 Å². The maximum atomic E-state index is 12.7. The molecule has 1 saturated heterocycles. The molecule has 1 aliphatic heterocycles. The molecule has 0 unspecified atom stereocenters. The zero-order chi connectivity index (χ0) is 18.1. The second kappa shape index (κ2) is 6.53. The van der Waals surface area contributed by atoms with E-state index in [2.05, 4.69) is 5.32 Å². The lowest BCUT2D eigenvalue weighted by Gasteiger charge is -2.26. The van der Waals surface area contributed by atoms with Crippen molar-refractivity contribution in [2.24, 2.45) is 0 Å². The quantitative estimate of drug-likeness (QED) is 0.661. The van der Waals surface area contributed by atoms with Crippen molar-refractivity contribution in [3.8, 4) is 0 Å². The Hall–Kier alpha value is -2.92. The molecule has 5 nitrogen and oxygen atoms in total. The SMILES string of the molecule is Cc1ccc(/C=C2/C(=O)NC(=O)N(c3ccc(C)c(Cl)c3)C2=O)cc1. The number of rotatable bonds is 2. The van der Waals surface area contributed by atoms with Gasteiger partial charge in [0.05, 0.1) is 5.69 Å². The van der Waals surface area contributed by atoms with Crippen molar-refractivity contribution in [3.05, 3.63) is 69.8 Å². The minimum absolute atomic E-state index is 0.111. The van der Waals surface area contributed by atoms with E-state index < -0.39 is 17.8 Å². The van der Waals surface area contributed by atoms with E-state index in [0.29, 0.717) is 16.3 Å². The molecule has 25 heavy (non-hydrogen) atoms. The highest BCUT2D eigenvalue weighted by molar-refractivity contribution is 6.39. The summed E-state index contributed by atoms with van der Waals surface area (Å²) < 4.78 is 0. The van der Waals surface area contributed by atoms with Crippen LogP contribution in [0.3, 0.4) is 0 Å². The van der Waals surface area contributed by atoms with E-state index in [4.69, 9.17) is 11.6 Å². The highest BCUT2D eigenvalue weighted by Crippen LogP contribution is 2.26. The van der Waals surface area contributed by atoms with Gasteiger partial charge in [0.15, 0.2) is 0 Å². The maximum absolute atomic E-state index is 12.7. The Morgan fingerprint density at radius 2 is 1.68 bits per heavy atom. The van der Waals surface area contributed by atoms with Gasteiger partial charge in [0.25, 0.3) is 11.8 Å². The monoisotopic (exact) mass is 354 g/mol. The molecule has 6 heteroatoms. The summed E-state index contributed by atoms with van der Waals surface area (Å²) in [6.07, 6.45) is 1.46. The van der Waals surface area contributed by atoms with Crippen molar-refractivity contribution in [1.82, 2.24) is 5.32 Å². The Labute approximate surface area is 149 Å². The van der Waals surface area contributed by atoms with Crippen LogP contribution in [-0.4, -0.2) is 17.8 Å². The number of nitrogens with one attached hydrogen (secondary N) is 1. The van der Waals surface area contributed by atoms with E-state index in [0.717, 1.165) is 16.0 Å². The van der Waals surface area contributed by atoms with Gasteiger partial charge in [0, 0.05) is 5.02 Å². The Morgan fingerprint density at radius 3 is 2.32 bits per heavy atom. The van der Waals surface area contributed by atoms with Crippen molar-refractivity contribution in [3.63, 3.8) is 0 Å². The first kappa shape index (κ1) is 16.9. The fourth-order valence-electron chi connectivity index (χ4n) is 2.44. The molecule has 0 saturated carbocycles. The van der Waals surface area contributed by atoms with Crippen molar-refractivity contribution >= 4 is 41.2 Å². The summed E-state index contributed by atoms with van der Waals surface area (Å²) in [5.74, 6) is -1.40. The van der Waals surface area contributed by atoms with Crippen molar-refractivity contribution < 1.29 is 14.4 Å². The molecule has 0 bridgehead atoms. The van der Waals surface area contributed by atoms with Gasteiger partial charge in [-0.05, 0) is 43.2 Å². The van der Waals surface area contributed by atoms with Crippen LogP contribution in [0.15, 0.2) is 48.0 Å². The van der Waals surface area contributed by atoms with Gasteiger partial charge in [-0.2, -0.15) is 0 Å². The number of hydrogen-bond acceptors (Lipinski definition) is 3. The van der Waals surface area contributed by atoms with Crippen LogP contribution in [-0.2, 0) is 9.59 Å². The largest absolute Gasteiger partial charge is 0.335 e. The van der Waals surface area contributed by atoms with E-state index in [9.17, 15) is 14.4 Å². The third-order valence-electron chi connectivity index (χ3n) is 3.90. The van der Waals surface area contributed by atoms with Gasteiger partial charge in [0.2, 0.25) is 0 Å². The topological polar surface area (TPSA) is 66.5 Å². The molecule has 2 aromatic carbocycles. The summed E-state index contributed by atoms with van der Waals surface area (Å²) >= 11 is 6.09. The molecule has 1 N–H and O–H groups in total. The van der Waals surface area contributed by atoms with Crippen LogP contribution in [0.5, 0.6) is 0 Å². The Kier molecular flexibility index (Phi) is 4.42. The first-order valence-corrected chi connectivity index (χ1v) is 7.99. The number of benzene rings is 2. The molecule has 0 aromatic heterocycles. The van der Waals surface area contributed by atoms with Crippen molar-refractivity contribution in [2.75, 3.05) is 4.90 Å². The van der Waals surface area contributed by atoms with E-state index in [1.54, 1.807) is 24.3 Å². The Balaban J connectivity index is 2.02. The molecular weight excluding hydrogens is 340 g/mol. The Morgan fingerprint density at radius 1 is 1.00 bits per heavy atom. The van der Waals surface area contributed by atoms with Gasteiger partial charge in [0.1, 0.15) is 5.57 Å². The number of urea groups is 1. The summed E-state index contributed by atoms with van der Waals surface area (Å²) in [6.45, 7) is 3.76. The standard InChI is InChI=1S/C19H15ClN2O3/c1-11-3-6-13(7-4-11)9-15-17(23)21-19(25)22(18(15)24)14-8-5-12(2)16(20)10-14/h3-10H,1-2H3,(H,21,23,25)/b15-9-. The molecule has 126 valence electrons. The number of imide groups is 2. The van der Waals surface area contributed by atoms with Crippen LogP contribution >= 0.6 is 11.6 Å². The highest BCUT2D eigenvalue weighted by atomic mass is 35.5. The summed E-state index contributed by atoms with van der Waals surface area (Å²) in [5.41, 5.74) is 2.77. The maximum Gasteiger partial charge on any atom is 0.335 e. The molecule has 0 aliphatic carbocycles. The predicted octanol–water partition coefficient (Wildman–Crippen LogP) is 3.62. The number of amides is 4. The number of carbonyl (C=O) groups is 3. The Bertz CT molecular complexity index is 917. The third-order valence-corrected chi connectivity index (χ3v) is 4.31. The smallest absolute Gasteiger partial charge is 0.273 e. The molecule has 0 spiro atoms. The summed E-state index contributed by atoms with van der Waals surface area (Å²) in [7, 11) is 0. The molecule has 1 fully saturated rings. The highest BCUT2D eigenvalue weighted by Gasteiger charge is 2.36. The molecular formula is C19H15ClN2O3. The lowest BCUT2D eigenvalue weighted by atomic mass is 10.1. The molecule has 0 radical (unpaired) electrons. The number of anilines is 1. The zero-order valence-corrected chi connectivity index (χ0v) is 14.4. The van der Waals surface area contributed by atoms with Crippen molar-refractivity contribution in [2.45, 2.75) is 13.8 Å². The minimum Gasteiger partial charge on any atom is -0.273 e. The molecule has 4 amide bonds. The van der Waals surface area contributed by atoms with Gasteiger partial charge >= 0.3 is 6.03 Å². The zero-order valence-electron chi connectivity index (χ0n) is 13.7.